The molecule has 0 saturated carbocycles. The summed E-state index contributed by atoms with van der Waals surface area (Å²) in [7, 11) is 0. The van der Waals surface area contributed by atoms with Crippen LogP contribution >= 0.6 is 0 Å². The molecule has 0 amide bonds. The van der Waals surface area contributed by atoms with E-state index in [1.165, 1.54) is 25.8 Å². The monoisotopic (exact) mass is 138 g/mol. The van der Waals surface area contributed by atoms with Crippen molar-refractivity contribution < 1.29 is 0 Å². The molecule has 0 spiro atoms. The molecule has 2 nitrogen and oxygen atoms in total. The molecule has 1 unspecified atom stereocenters. The van der Waals surface area contributed by atoms with Gasteiger partial charge < -0.3 is 4.90 Å². The zero-order valence-electron chi connectivity index (χ0n) is 6.21. The minimum Gasteiger partial charge on any atom is -0.362 e. The van der Waals surface area contributed by atoms with E-state index < -0.39 is 0 Å². The van der Waals surface area contributed by atoms with Crippen molar-refractivity contribution in [1.29, 1.82) is 0 Å². The molecule has 0 aromatic carbocycles. The van der Waals surface area contributed by atoms with E-state index in [0.717, 1.165) is 6.54 Å². The second-order valence-corrected chi connectivity index (χ2v) is 3.04. The highest BCUT2D eigenvalue weighted by Gasteiger charge is 2.19. The molecule has 1 atom stereocenters. The lowest BCUT2D eigenvalue weighted by atomic mass is 10.1. The average molecular weight is 138 g/mol. The van der Waals surface area contributed by atoms with Crippen LogP contribution in [0, 0.1) is 0 Å². The summed E-state index contributed by atoms with van der Waals surface area (Å²) in [5.74, 6) is 0. The van der Waals surface area contributed by atoms with Crippen molar-refractivity contribution in [2.75, 3.05) is 13.1 Å². The Bertz CT molecular complexity index is 142. The van der Waals surface area contributed by atoms with Gasteiger partial charge in [0.05, 0.1) is 6.17 Å². The second-order valence-electron chi connectivity index (χ2n) is 3.04. The van der Waals surface area contributed by atoms with Gasteiger partial charge in [-0.05, 0) is 25.5 Å². The van der Waals surface area contributed by atoms with Gasteiger partial charge in [-0.25, -0.2) is 0 Å². The summed E-state index contributed by atoms with van der Waals surface area (Å²) in [5.41, 5.74) is 0. The SMILES string of the molecule is C1=CN2CCCCC2NC1. The minimum atomic E-state index is 0.652. The quantitative estimate of drug-likeness (QED) is 0.535. The number of hydrogen-bond acceptors (Lipinski definition) is 2. The fourth-order valence-corrected chi connectivity index (χ4v) is 1.74. The third-order valence-electron chi connectivity index (χ3n) is 2.31. The van der Waals surface area contributed by atoms with Crippen LogP contribution < -0.4 is 5.32 Å². The minimum absolute atomic E-state index is 0.652. The lowest BCUT2D eigenvalue weighted by Gasteiger charge is -2.37. The van der Waals surface area contributed by atoms with E-state index in [4.69, 9.17) is 0 Å². The van der Waals surface area contributed by atoms with Crippen molar-refractivity contribution in [2.24, 2.45) is 0 Å². The van der Waals surface area contributed by atoms with Crippen LogP contribution in [0.1, 0.15) is 19.3 Å². The van der Waals surface area contributed by atoms with Crippen molar-refractivity contribution >= 4 is 0 Å². The lowest BCUT2D eigenvalue weighted by molar-refractivity contribution is 0.172. The number of fused-ring (bicyclic) bond motifs is 1. The van der Waals surface area contributed by atoms with E-state index in [1.54, 1.807) is 0 Å². The van der Waals surface area contributed by atoms with Crippen molar-refractivity contribution in [3.8, 4) is 0 Å². The molecule has 1 N–H and O–H groups in total. The Morgan fingerprint density at radius 2 is 2.40 bits per heavy atom. The van der Waals surface area contributed by atoms with Crippen LogP contribution in [-0.2, 0) is 0 Å². The largest absolute Gasteiger partial charge is 0.362 e. The van der Waals surface area contributed by atoms with Crippen LogP contribution in [0.2, 0.25) is 0 Å². The van der Waals surface area contributed by atoms with Crippen LogP contribution in [0.15, 0.2) is 12.3 Å². The summed E-state index contributed by atoms with van der Waals surface area (Å²) >= 11 is 0. The molecule has 10 heavy (non-hydrogen) atoms. The molecule has 0 aliphatic carbocycles. The van der Waals surface area contributed by atoms with Gasteiger partial charge in [-0.15, -0.1) is 0 Å². The Hall–Kier alpha value is -0.500. The van der Waals surface area contributed by atoms with Gasteiger partial charge in [0.2, 0.25) is 0 Å². The van der Waals surface area contributed by atoms with Gasteiger partial charge in [0.25, 0.3) is 0 Å². The Kier molecular flexibility index (Phi) is 1.63. The van der Waals surface area contributed by atoms with Crippen LogP contribution in [0.4, 0.5) is 0 Å². The molecule has 2 aliphatic rings. The van der Waals surface area contributed by atoms with Crippen molar-refractivity contribution in [3.63, 3.8) is 0 Å². The molecule has 2 rings (SSSR count). The standard InChI is InChI=1S/C8H14N2/c1-2-6-10-7-3-5-9-8(10)4-1/h3,7-9H,1-2,4-6H2. The third kappa shape index (κ3) is 1.03. The van der Waals surface area contributed by atoms with E-state index in [9.17, 15) is 0 Å². The van der Waals surface area contributed by atoms with Crippen LogP contribution in [0.3, 0.4) is 0 Å². The zero-order chi connectivity index (χ0) is 6.81. The molecule has 0 bridgehead atoms. The van der Waals surface area contributed by atoms with E-state index in [2.05, 4.69) is 22.5 Å². The maximum atomic E-state index is 3.46. The molecule has 0 aromatic heterocycles. The number of piperidine rings is 1. The highest BCUT2D eigenvalue weighted by molar-refractivity contribution is 4.94. The summed E-state index contributed by atoms with van der Waals surface area (Å²) in [6.45, 7) is 2.30. The molecule has 1 saturated heterocycles. The van der Waals surface area contributed by atoms with Crippen LogP contribution in [-0.4, -0.2) is 24.2 Å². The van der Waals surface area contributed by atoms with E-state index in [0.29, 0.717) is 6.17 Å². The topological polar surface area (TPSA) is 15.3 Å². The normalized spacial score (nSPS) is 32.0. The van der Waals surface area contributed by atoms with Gasteiger partial charge in [0.1, 0.15) is 0 Å². The maximum absolute atomic E-state index is 3.46. The van der Waals surface area contributed by atoms with Crippen molar-refractivity contribution in [3.05, 3.63) is 12.3 Å². The fraction of sp³-hybridized carbons (Fsp3) is 0.750. The molecule has 0 radical (unpaired) electrons. The average Bonchev–Trinajstić information content (AvgIpc) is 2.05. The van der Waals surface area contributed by atoms with Crippen molar-refractivity contribution in [1.82, 2.24) is 10.2 Å². The molecule has 56 valence electrons. The second kappa shape index (κ2) is 2.62. The maximum Gasteiger partial charge on any atom is 0.0792 e. The molecule has 0 aromatic rings. The first kappa shape index (κ1) is 6.23. The van der Waals surface area contributed by atoms with E-state index in [-0.39, 0.29) is 0 Å². The van der Waals surface area contributed by atoms with Gasteiger partial charge in [-0.2, -0.15) is 0 Å². The van der Waals surface area contributed by atoms with Crippen LogP contribution in [0.5, 0.6) is 0 Å². The smallest absolute Gasteiger partial charge is 0.0792 e. The van der Waals surface area contributed by atoms with Gasteiger partial charge >= 0.3 is 0 Å². The Morgan fingerprint density at radius 1 is 1.40 bits per heavy atom. The third-order valence-corrected chi connectivity index (χ3v) is 2.31. The van der Waals surface area contributed by atoms with Gasteiger partial charge in [-0.1, -0.05) is 6.08 Å². The first-order valence-corrected chi connectivity index (χ1v) is 4.12. The van der Waals surface area contributed by atoms with Crippen LogP contribution in [0.25, 0.3) is 0 Å². The fourth-order valence-electron chi connectivity index (χ4n) is 1.74. The number of rotatable bonds is 0. The van der Waals surface area contributed by atoms with E-state index in [1.807, 2.05) is 0 Å². The summed E-state index contributed by atoms with van der Waals surface area (Å²) in [6.07, 6.45) is 9.16. The molecule has 1 fully saturated rings. The highest BCUT2D eigenvalue weighted by atomic mass is 15.3. The van der Waals surface area contributed by atoms with E-state index >= 15 is 0 Å². The predicted octanol–water partition coefficient (Wildman–Crippen LogP) is 0.915. The first-order chi connectivity index (χ1) is 4.97. The zero-order valence-corrected chi connectivity index (χ0v) is 6.21. The Balaban J connectivity index is 2.03. The lowest BCUT2D eigenvalue weighted by Crippen LogP contribution is -2.48. The molecule has 2 aliphatic heterocycles. The molecule has 2 heterocycles. The number of nitrogens with one attached hydrogen (secondary N) is 1. The molecular formula is C8H14N2. The summed E-state index contributed by atoms with van der Waals surface area (Å²) in [6, 6.07) is 0. The summed E-state index contributed by atoms with van der Waals surface area (Å²) in [5, 5.41) is 3.46. The highest BCUT2D eigenvalue weighted by Crippen LogP contribution is 2.16. The van der Waals surface area contributed by atoms with Gasteiger partial charge in [0.15, 0.2) is 0 Å². The molecule has 2 heteroatoms. The summed E-state index contributed by atoms with van der Waals surface area (Å²) < 4.78 is 0. The Morgan fingerprint density at radius 3 is 3.30 bits per heavy atom. The Labute approximate surface area is 61.9 Å². The number of nitrogens with zero attached hydrogens (tertiary/aromatic N) is 1. The predicted molar refractivity (Wildman–Crippen MR) is 41.5 cm³/mol. The first-order valence-electron chi connectivity index (χ1n) is 4.12. The molecular weight excluding hydrogens is 124 g/mol. The van der Waals surface area contributed by atoms with Crippen molar-refractivity contribution in [2.45, 2.75) is 25.4 Å². The summed E-state index contributed by atoms with van der Waals surface area (Å²) in [4.78, 5) is 2.41. The number of hydrogen-bond donors (Lipinski definition) is 1. The van der Waals surface area contributed by atoms with Gasteiger partial charge in [-0.3, -0.25) is 5.32 Å². The van der Waals surface area contributed by atoms with Gasteiger partial charge in [0, 0.05) is 13.1 Å².